The molecule has 0 saturated heterocycles. The summed E-state index contributed by atoms with van der Waals surface area (Å²) < 4.78 is 23.7. The SMILES string of the molecule is O=C(COC(=O)Cc1cccc(F)c1)Nc1ccc(OCc2ccccc2)cc1. The molecule has 0 spiro atoms. The maximum atomic E-state index is 13.1. The van der Waals surface area contributed by atoms with Gasteiger partial charge in [0.05, 0.1) is 6.42 Å². The molecule has 148 valence electrons. The molecule has 29 heavy (non-hydrogen) atoms. The van der Waals surface area contributed by atoms with Gasteiger partial charge in [0.15, 0.2) is 6.61 Å². The van der Waals surface area contributed by atoms with Crippen LogP contribution in [-0.2, 0) is 27.4 Å². The number of anilines is 1. The first kappa shape index (κ1) is 20.1. The summed E-state index contributed by atoms with van der Waals surface area (Å²) in [5, 5.41) is 2.64. The molecular formula is C23H20FNO4. The number of benzene rings is 3. The van der Waals surface area contributed by atoms with Gasteiger partial charge >= 0.3 is 5.97 Å². The third-order valence-corrected chi connectivity index (χ3v) is 3.99. The van der Waals surface area contributed by atoms with E-state index in [1.165, 1.54) is 18.2 Å². The van der Waals surface area contributed by atoms with Gasteiger partial charge in [-0.25, -0.2) is 4.39 Å². The Labute approximate surface area is 168 Å². The molecule has 1 amide bonds. The zero-order chi connectivity index (χ0) is 20.5. The molecule has 0 saturated carbocycles. The van der Waals surface area contributed by atoms with E-state index in [4.69, 9.17) is 9.47 Å². The van der Waals surface area contributed by atoms with E-state index in [9.17, 15) is 14.0 Å². The van der Waals surface area contributed by atoms with Crippen LogP contribution in [0.25, 0.3) is 0 Å². The van der Waals surface area contributed by atoms with Gasteiger partial charge in [-0.05, 0) is 47.5 Å². The van der Waals surface area contributed by atoms with Gasteiger partial charge in [0.2, 0.25) is 0 Å². The van der Waals surface area contributed by atoms with Crippen LogP contribution in [0.1, 0.15) is 11.1 Å². The number of rotatable bonds is 8. The zero-order valence-electron chi connectivity index (χ0n) is 15.6. The third kappa shape index (κ3) is 6.77. The first-order valence-electron chi connectivity index (χ1n) is 9.05. The molecule has 0 bridgehead atoms. The van der Waals surface area contributed by atoms with E-state index in [2.05, 4.69) is 5.32 Å². The minimum Gasteiger partial charge on any atom is -0.489 e. The van der Waals surface area contributed by atoms with Crippen molar-refractivity contribution in [3.05, 3.63) is 95.8 Å². The Bertz CT molecular complexity index is 958. The van der Waals surface area contributed by atoms with Gasteiger partial charge in [-0.2, -0.15) is 0 Å². The monoisotopic (exact) mass is 393 g/mol. The van der Waals surface area contributed by atoms with E-state index < -0.39 is 24.3 Å². The summed E-state index contributed by atoms with van der Waals surface area (Å²) in [6, 6.07) is 22.4. The third-order valence-electron chi connectivity index (χ3n) is 3.99. The van der Waals surface area contributed by atoms with Crippen molar-refractivity contribution in [2.45, 2.75) is 13.0 Å². The minimum absolute atomic E-state index is 0.0987. The maximum absolute atomic E-state index is 13.1. The first-order chi connectivity index (χ1) is 14.1. The van der Waals surface area contributed by atoms with Crippen LogP contribution in [-0.4, -0.2) is 18.5 Å². The highest BCUT2D eigenvalue weighted by Gasteiger charge is 2.09. The quantitative estimate of drug-likeness (QED) is 0.585. The summed E-state index contributed by atoms with van der Waals surface area (Å²) >= 11 is 0. The summed E-state index contributed by atoms with van der Waals surface area (Å²) in [6.45, 7) is 0.0359. The summed E-state index contributed by atoms with van der Waals surface area (Å²) in [7, 11) is 0. The lowest BCUT2D eigenvalue weighted by Crippen LogP contribution is -2.21. The van der Waals surface area contributed by atoms with Crippen molar-refractivity contribution >= 4 is 17.6 Å². The fourth-order valence-corrected chi connectivity index (χ4v) is 2.58. The highest BCUT2D eigenvalue weighted by molar-refractivity contribution is 5.92. The molecule has 0 heterocycles. The molecule has 0 aliphatic rings. The molecular weight excluding hydrogens is 373 g/mol. The number of halogens is 1. The van der Waals surface area contributed by atoms with E-state index in [1.54, 1.807) is 30.3 Å². The van der Waals surface area contributed by atoms with Crippen molar-refractivity contribution in [1.82, 2.24) is 0 Å². The number of nitrogens with one attached hydrogen (secondary N) is 1. The molecule has 5 nitrogen and oxygen atoms in total. The molecule has 3 aromatic carbocycles. The van der Waals surface area contributed by atoms with Crippen molar-refractivity contribution in [2.24, 2.45) is 0 Å². The lowest BCUT2D eigenvalue weighted by Gasteiger charge is -2.09. The molecule has 3 rings (SSSR count). The van der Waals surface area contributed by atoms with Gasteiger partial charge in [-0.1, -0.05) is 42.5 Å². The van der Waals surface area contributed by atoms with Crippen molar-refractivity contribution in [2.75, 3.05) is 11.9 Å². The van der Waals surface area contributed by atoms with Crippen LogP contribution in [0.5, 0.6) is 5.75 Å². The maximum Gasteiger partial charge on any atom is 0.310 e. The van der Waals surface area contributed by atoms with Crippen LogP contribution in [0.15, 0.2) is 78.9 Å². The van der Waals surface area contributed by atoms with Gasteiger partial charge in [0.25, 0.3) is 5.91 Å². The smallest absolute Gasteiger partial charge is 0.310 e. The summed E-state index contributed by atoms with van der Waals surface area (Å²) in [5.41, 5.74) is 2.11. The summed E-state index contributed by atoms with van der Waals surface area (Å²) in [4.78, 5) is 23.7. The van der Waals surface area contributed by atoms with Crippen molar-refractivity contribution in [3.63, 3.8) is 0 Å². The van der Waals surface area contributed by atoms with Crippen LogP contribution in [0.3, 0.4) is 0 Å². The van der Waals surface area contributed by atoms with E-state index in [-0.39, 0.29) is 6.42 Å². The zero-order valence-corrected chi connectivity index (χ0v) is 15.6. The van der Waals surface area contributed by atoms with Crippen molar-refractivity contribution in [1.29, 1.82) is 0 Å². The number of carbonyl (C=O) groups is 2. The van der Waals surface area contributed by atoms with E-state index >= 15 is 0 Å². The predicted molar refractivity (Wildman–Crippen MR) is 107 cm³/mol. The summed E-state index contributed by atoms with van der Waals surface area (Å²) in [6.07, 6.45) is -0.0987. The number of hydrogen-bond donors (Lipinski definition) is 1. The second kappa shape index (κ2) is 10.0. The van der Waals surface area contributed by atoms with Gasteiger partial charge in [-0.3, -0.25) is 9.59 Å². The van der Waals surface area contributed by atoms with Crippen LogP contribution in [0.2, 0.25) is 0 Å². The van der Waals surface area contributed by atoms with E-state index in [1.807, 2.05) is 30.3 Å². The molecule has 1 N–H and O–H groups in total. The Morgan fingerprint density at radius 2 is 1.59 bits per heavy atom. The fourth-order valence-electron chi connectivity index (χ4n) is 2.58. The number of amides is 1. The molecule has 0 aromatic heterocycles. The fraction of sp³-hybridized carbons (Fsp3) is 0.130. The first-order valence-corrected chi connectivity index (χ1v) is 9.05. The Morgan fingerprint density at radius 1 is 0.862 bits per heavy atom. The van der Waals surface area contributed by atoms with E-state index in [0.717, 1.165) is 5.56 Å². The highest BCUT2D eigenvalue weighted by atomic mass is 19.1. The lowest BCUT2D eigenvalue weighted by molar-refractivity contribution is -0.146. The Balaban J connectivity index is 1.41. The van der Waals surface area contributed by atoms with Gasteiger partial charge in [0.1, 0.15) is 18.2 Å². The van der Waals surface area contributed by atoms with Crippen LogP contribution < -0.4 is 10.1 Å². The highest BCUT2D eigenvalue weighted by Crippen LogP contribution is 2.17. The van der Waals surface area contributed by atoms with Gasteiger partial charge in [-0.15, -0.1) is 0 Å². The van der Waals surface area contributed by atoms with Crippen LogP contribution >= 0.6 is 0 Å². The van der Waals surface area contributed by atoms with Gasteiger partial charge in [0, 0.05) is 5.69 Å². The number of hydrogen-bond acceptors (Lipinski definition) is 4. The minimum atomic E-state index is -0.601. The average molecular weight is 393 g/mol. The molecule has 0 radical (unpaired) electrons. The van der Waals surface area contributed by atoms with Crippen LogP contribution in [0, 0.1) is 5.82 Å². The molecule has 0 fully saturated rings. The number of carbonyl (C=O) groups excluding carboxylic acids is 2. The number of ether oxygens (including phenoxy) is 2. The average Bonchev–Trinajstić information content (AvgIpc) is 2.73. The molecule has 0 aliphatic carbocycles. The Hall–Kier alpha value is -3.67. The topological polar surface area (TPSA) is 64.6 Å². The number of esters is 1. The molecule has 6 heteroatoms. The molecule has 3 aromatic rings. The Kier molecular flexibility index (Phi) is 6.95. The Morgan fingerprint density at radius 3 is 2.31 bits per heavy atom. The van der Waals surface area contributed by atoms with Crippen molar-refractivity contribution in [3.8, 4) is 5.75 Å². The normalized spacial score (nSPS) is 10.2. The van der Waals surface area contributed by atoms with Gasteiger partial charge < -0.3 is 14.8 Å². The second-order valence-electron chi connectivity index (χ2n) is 6.31. The predicted octanol–water partition coefficient (Wildman–Crippen LogP) is 4.13. The molecule has 0 unspecified atom stereocenters. The second-order valence-corrected chi connectivity index (χ2v) is 6.31. The largest absolute Gasteiger partial charge is 0.489 e. The lowest BCUT2D eigenvalue weighted by atomic mass is 10.1. The van der Waals surface area contributed by atoms with Crippen molar-refractivity contribution < 1.29 is 23.5 Å². The standard InChI is InChI=1S/C23H20FNO4/c24-19-8-4-7-18(13-19)14-23(27)29-16-22(26)25-20-9-11-21(12-10-20)28-15-17-5-2-1-3-6-17/h1-13H,14-16H2,(H,25,26). The van der Waals surface area contributed by atoms with Crippen LogP contribution in [0.4, 0.5) is 10.1 Å². The van der Waals surface area contributed by atoms with E-state index in [0.29, 0.717) is 23.6 Å². The molecule has 0 atom stereocenters. The molecule has 0 aliphatic heterocycles. The summed E-state index contributed by atoms with van der Waals surface area (Å²) in [5.74, 6) is -0.816.